The fourth-order valence-electron chi connectivity index (χ4n) is 1.21. The van der Waals surface area contributed by atoms with E-state index >= 15 is 0 Å². The predicted molar refractivity (Wildman–Crippen MR) is 46.4 cm³/mol. The number of hydrogen-bond acceptors (Lipinski definition) is 6. The molecule has 6 nitrogen and oxygen atoms in total. The maximum absolute atomic E-state index is 11.1. The van der Waals surface area contributed by atoms with Crippen molar-refractivity contribution in [3.05, 3.63) is 11.1 Å². The van der Waals surface area contributed by atoms with Gasteiger partial charge < -0.3 is 14.6 Å². The van der Waals surface area contributed by atoms with Crippen LogP contribution in [0, 0.1) is 0 Å². The zero-order chi connectivity index (χ0) is 11.6. The molecule has 0 aromatic rings. The number of carbonyl (C=O) groups excluding carboxylic acids is 3. The molecule has 1 N–H and O–H groups in total. The minimum atomic E-state index is -1.36. The molecular formula is C9H10O6. The van der Waals surface area contributed by atoms with E-state index in [4.69, 9.17) is 0 Å². The van der Waals surface area contributed by atoms with Crippen molar-refractivity contribution >= 4 is 17.9 Å². The van der Waals surface area contributed by atoms with E-state index in [2.05, 4.69) is 9.47 Å². The number of methoxy groups -OCH3 is 1. The maximum atomic E-state index is 11.1. The van der Waals surface area contributed by atoms with Gasteiger partial charge in [0, 0.05) is 5.57 Å². The average Bonchev–Trinajstić information content (AvgIpc) is 2.41. The molecule has 1 rings (SSSR count). The van der Waals surface area contributed by atoms with Gasteiger partial charge in [-0.05, 0) is 6.92 Å². The van der Waals surface area contributed by atoms with Gasteiger partial charge in [-0.15, -0.1) is 0 Å². The maximum Gasteiger partial charge on any atom is 0.345 e. The number of ether oxygens (including phenoxy) is 2. The number of cyclic esters (lactones) is 2. The zero-order valence-electron chi connectivity index (χ0n) is 8.27. The highest BCUT2D eigenvalue weighted by Gasteiger charge is 2.35. The Labute approximate surface area is 85.5 Å². The van der Waals surface area contributed by atoms with Gasteiger partial charge in [-0.2, -0.15) is 0 Å². The topological polar surface area (TPSA) is 89.9 Å². The SMILES string of the molecule is COC(=O)CC(O)C1=C(C)C(=O)OC1=O. The summed E-state index contributed by atoms with van der Waals surface area (Å²) in [6.07, 6.45) is -1.75. The molecule has 6 heteroatoms. The predicted octanol–water partition coefficient (Wildman–Crippen LogP) is -0.690. The van der Waals surface area contributed by atoms with Crippen LogP contribution in [0.15, 0.2) is 11.1 Å². The van der Waals surface area contributed by atoms with Gasteiger partial charge in [0.2, 0.25) is 0 Å². The normalized spacial score (nSPS) is 17.8. The molecule has 0 aromatic heterocycles. The number of esters is 3. The van der Waals surface area contributed by atoms with E-state index in [0.29, 0.717) is 0 Å². The van der Waals surface area contributed by atoms with Gasteiger partial charge >= 0.3 is 17.9 Å². The lowest BCUT2D eigenvalue weighted by Crippen LogP contribution is -2.21. The Morgan fingerprint density at radius 1 is 1.47 bits per heavy atom. The molecule has 1 heterocycles. The fraction of sp³-hybridized carbons (Fsp3) is 0.444. The second-order valence-corrected chi connectivity index (χ2v) is 3.01. The minimum Gasteiger partial charge on any atom is -0.469 e. The first-order valence-corrected chi connectivity index (χ1v) is 4.19. The van der Waals surface area contributed by atoms with E-state index in [1.807, 2.05) is 0 Å². The highest BCUT2D eigenvalue weighted by Crippen LogP contribution is 2.21. The summed E-state index contributed by atoms with van der Waals surface area (Å²) in [7, 11) is 1.16. The second kappa shape index (κ2) is 4.22. The number of aliphatic hydroxyl groups excluding tert-OH is 1. The van der Waals surface area contributed by atoms with Crippen LogP contribution >= 0.6 is 0 Å². The molecule has 1 aliphatic heterocycles. The Hall–Kier alpha value is -1.69. The Balaban J connectivity index is 2.83. The third kappa shape index (κ3) is 2.21. The van der Waals surface area contributed by atoms with Crippen molar-refractivity contribution in [1.29, 1.82) is 0 Å². The molecule has 1 unspecified atom stereocenters. The van der Waals surface area contributed by atoms with Crippen LogP contribution in [0.4, 0.5) is 0 Å². The first kappa shape index (κ1) is 11.4. The number of hydrogen-bond donors (Lipinski definition) is 1. The summed E-state index contributed by atoms with van der Waals surface area (Å²) in [5, 5.41) is 9.50. The van der Waals surface area contributed by atoms with Gasteiger partial charge in [0.05, 0.1) is 25.2 Å². The van der Waals surface area contributed by atoms with Gasteiger partial charge in [0.1, 0.15) is 0 Å². The van der Waals surface area contributed by atoms with E-state index in [-0.39, 0.29) is 17.6 Å². The lowest BCUT2D eigenvalue weighted by molar-refractivity contribution is -0.151. The number of carbonyl (C=O) groups is 3. The van der Waals surface area contributed by atoms with Crippen molar-refractivity contribution in [2.45, 2.75) is 19.4 Å². The third-order valence-corrected chi connectivity index (χ3v) is 2.04. The van der Waals surface area contributed by atoms with E-state index in [1.54, 1.807) is 0 Å². The van der Waals surface area contributed by atoms with Crippen LogP contribution in [0.25, 0.3) is 0 Å². The highest BCUT2D eigenvalue weighted by molar-refractivity contribution is 6.12. The standard InChI is InChI=1S/C9H10O6/c1-4-7(9(13)15-8(4)12)5(10)3-6(11)14-2/h5,10H,3H2,1-2H3. The Morgan fingerprint density at radius 2 is 2.07 bits per heavy atom. The van der Waals surface area contributed by atoms with E-state index in [1.165, 1.54) is 6.92 Å². The monoisotopic (exact) mass is 214 g/mol. The second-order valence-electron chi connectivity index (χ2n) is 3.01. The van der Waals surface area contributed by atoms with Crippen molar-refractivity contribution in [2.75, 3.05) is 7.11 Å². The lowest BCUT2D eigenvalue weighted by atomic mass is 10.0. The molecule has 15 heavy (non-hydrogen) atoms. The smallest absolute Gasteiger partial charge is 0.345 e. The summed E-state index contributed by atoms with van der Waals surface area (Å²) < 4.78 is 8.58. The van der Waals surface area contributed by atoms with Gasteiger partial charge in [-0.1, -0.05) is 0 Å². The summed E-state index contributed by atoms with van der Waals surface area (Å²) in [5.41, 5.74) is -0.151. The summed E-state index contributed by atoms with van der Waals surface area (Å²) in [6, 6.07) is 0. The van der Waals surface area contributed by atoms with Crippen LogP contribution in [0.2, 0.25) is 0 Å². The molecule has 0 spiro atoms. The molecule has 82 valence electrons. The van der Waals surface area contributed by atoms with Gasteiger partial charge in [0.15, 0.2) is 0 Å². The molecule has 0 saturated carbocycles. The van der Waals surface area contributed by atoms with E-state index < -0.39 is 24.0 Å². The molecule has 1 aliphatic rings. The molecule has 0 radical (unpaired) electrons. The Morgan fingerprint density at radius 3 is 2.47 bits per heavy atom. The fourth-order valence-corrected chi connectivity index (χ4v) is 1.21. The molecule has 0 aromatic carbocycles. The number of aliphatic hydroxyl groups is 1. The minimum absolute atomic E-state index is 0.0244. The highest BCUT2D eigenvalue weighted by atomic mass is 16.6. The van der Waals surface area contributed by atoms with Crippen molar-refractivity contribution in [1.82, 2.24) is 0 Å². The van der Waals surface area contributed by atoms with E-state index in [0.717, 1.165) is 7.11 Å². The summed E-state index contributed by atoms with van der Waals surface area (Å²) >= 11 is 0. The van der Waals surface area contributed by atoms with Crippen LogP contribution in [0.5, 0.6) is 0 Å². The van der Waals surface area contributed by atoms with Crippen LogP contribution in [-0.4, -0.2) is 36.2 Å². The van der Waals surface area contributed by atoms with Crippen LogP contribution < -0.4 is 0 Å². The lowest BCUT2D eigenvalue weighted by Gasteiger charge is -2.07. The largest absolute Gasteiger partial charge is 0.469 e. The summed E-state index contributed by atoms with van der Waals surface area (Å²) in [4.78, 5) is 32.9. The van der Waals surface area contributed by atoms with Crippen LogP contribution in [0.3, 0.4) is 0 Å². The molecule has 0 amide bonds. The molecule has 1 atom stereocenters. The third-order valence-electron chi connectivity index (χ3n) is 2.04. The van der Waals surface area contributed by atoms with Gasteiger partial charge in [0.25, 0.3) is 0 Å². The molecule has 0 bridgehead atoms. The molecule has 0 saturated heterocycles. The van der Waals surface area contributed by atoms with Crippen LogP contribution in [-0.2, 0) is 23.9 Å². The van der Waals surface area contributed by atoms with Crippen molar-refractivity contribution in [2.24, 2.45) is 0 Å². The molecule has 0 fully saturated rings. The first-order valence-electron chi connectivity index (χ1n) is 4.19. The number of rotatable bonds is 3. The van der Waals surface area contributed by atoms with Crippen LogP contribution in [0.1, 0.15) is 13.3 Å². The van der Waals surface area contributed by atoms with Gasteiger partial charge in [-0.3, -0.25) is 4.79 Å². The summed E-state index contributed by atoms with van der Waals surface area (Å²) in [6.45, 7) is 1.35. The Kier molecular flexibility index (Phi) is 3.21. The Bertz CT molecular complexity index is 354. The van der Waals surface area contributed by atoms with Crippen molar-refractivity contribution in [3.8, 4) is 0 Å². The average molecular weight is 214 g/mol. The molecular weight excluding hydrogens is 204 g/mol. The van der Waals surface area contributed by atoms with Gasteiger partial charge in [-0.25, -0.2) is 9.59 Å². The summed E-state index contributed by atoms with van der Waals surface area (Å²) in [5.74, 6) is -2.37. The van der Waals surface area contributed by atoms with Crippen molar-refractivity contribution in [3.63, 3.8) is 0 Å². The van der Waals surface area contributed by atoms with Crippen molar-refractivity contribution < 1.29 is 29.0 Å². The quantitative estimate of drug-likeness (QED) is 0.494. The molecule has 0 aliphatic carbocycles. The van der Waals surface area contributed by atoms with E-state index in [9.17, 15) is 19.5 Å². The first-order chi connectivity index (χ1) is 6.97. The zero-order valence-corrected chi connectivity index (χ0v) is 8.27.